The van der Waals surface area contributed by atoms with E-state index < -0.39 is 11.9 Å². The van der Waals surface area contributed by atoms with Crippen LogP contribution in [-0.2, 0) is 0 Å². The molecule has 2 aromatic carbocycles. The second-order valence-electron chi connectivity index (χ2n) is 5.64. The van der Waals surface area contributed by atoms with E-state index >= 15 is 0 Å². The molecule has 3 rings (SSSR count). The van der Waals surface area contributed by atoms with Crippen molar-refractivity contribution in [2.24, 2.45) is 0 Å². The van der Waals surface area contributed by atoms with Gasteiger partial charge in [-0.15, -0.1) is 0 Å². The van der Waals surface area contributed by atoms with Crippen molar-refractivity contribution in [1.29, 1.82) is 5.41 Å². The standard InChI is InChI=1S/C20H14ClN3O3/c21-15-7-8-17(16(10-15)20(26)27)24-19(25)13-5-3-12(4-6-13)18(22)14-2-1-9-23-11-14/h1-11,22H,(H,24,25)(H,26,27). The molecule has 0 saturated carbocycles. The first-order valence-corrected chi connectivity index (χ1v) is 8.27. The van der Waals surface area contributed by atoms with Crippen LogP contribution in [-0.4, -0.2) is 27.7 Å². The van der Waals surface area contributed by atoms with E-state index in [2.05, 4.69) is 10.3 Å². The second kappa shape index (κ2) is 7.80. The molecular formula is C20H14ClN3O3. The van der Waals surface area contributed by atoms with Gasteiger partial charge < -0.3 is 10.4 Å². The minimum absolute atomic E-state index is 0.0918. The summed E-state index contributed by atoms with van der Waals surface area (Å²) >= 11 is 5.81. The first-order chi connectivity index (χ1) is 13.0. The number of rotatable bonds is 5. The van der Waals surface area contributed by atoms with E-state index in [1.54, 1.807) is 48.8 Å². The van der Waals surface area contributed by atoms with Crippen LogP contribution in [0.2, 0.25) is 5.02 Å². The van der Waals surface area contributed by atoms with Gasteiger partial charge in [-0.05, 0) is 42.5 Å². The third-order valence-corrected chi connectivity index (χ3v) is 4.08. The molecule has 0 saturated heterocycles. The van der Waals surface area contributed by atoms with Crippen molar-refractivity contribution in [3.63, 3.8) is 0 Å². The van der Waals surface area contributed by atoms with Gasteiger partial charge in [-0.1, -0.05) is 23.7 Å². The fraction of sp³-hybridized carbons (Fsp3) is 0. The number of nitrogens with zero attached hydrogens (tertiary/aromatic N) is 1. The molecule has 0 unspecified atom stereocenters. The highest BCUT2D eigenvalue weighted by atomic mass is 35.5. The normalized spacial score (nSPS) is 10.3. The number of carboxylic acid groups (broad SMARTS) is 1. The lowest BCUT2D eigenvalue weighted by Crippen LogP contribution is -2.15. The molecule has 1 heterocycles. The van der Waals surface area contributed by atoms with Gasteiger partial charge in [0.25, 0.3) is 5.91 Å². The SMILES string of the molecule is N=C(c1ccc(C(=O)Nc2ccc(Cl)cc2C(=O)O)cc1)c1cccnc1. The number of aromatic carboxylic acids is 1. The van der Waals surface area contributed by atoms with E-state index in [9.17, 15) is 14.7 Å². The Labute approximate surface area is 160 Å². The average Bonchev–Trinajstić information content (AvgIpc) is 2.69. The molecule has 0 atom stereocenters. The molecule has 1 amide bonds. The third kappa shape index (κ3) is 4.19. The van der Waals surface area contributed by atoms with Gasteiger partial charge in [-0.2, -0.15) is 0 Å². The topological polar surface area (TPSA) is 103 Å². The highest BCUT2D eigenvalue weighted by molar-refractivity contribution is 6.31. The Balaban J connectivity index is 1.79. The maximum atomic E-state index is 12.4. The fourth-order valence-electron chi connectivity index (χ4n) is 2.46. The average molecular weight is 380 g/mol. The predicted molar refractivity (Wildman–Crippen MR) is 103 cm³/mol. The van der Waals surface area contributed by atoms with Crippen LogP contribution in [0.15, 0.2) is 67.0 Å². The summed E-state index contributed by atoms with van der Waals surface area (Å²) in [7, 11) is 0. The minimum atomic E-state index is -1.19. The van der Waals surface area contributed by atoms with Crippen LogP contribution in [0.25, 0.3) is 0 Å². The number of aromatic nitrogens is 1. The van der Waals surface area contributed by atoms with Crippen LogP contribution in [0.1, 0.15) is 31.8 Å². The van der Waals surface area contributed by atoms with Gasteiger partial charge in [0.05, 0.1) is 17.0 Å². The quantitative estimate of drug-likeness (QED) is 0.580. The summed E-state index contributed by atoms with van der Waals surface area (Å²) in [5.41, 5.74) is 2.00. The molecule has 1 aromatic heterocycles. The van der Waals surface area contributed by atoms with Crippen molar-refractivity contribution in [3.05, 3.63) is 94.3 Å². The monoisotopic (exact) mass is 379 g/mol. The molecule has 0 aliphatic carbocycles. The lowest BCUT2D eigenvalue weighted by molar-refractivity contribution is 0.0698. The van der Waals surface area contributed by atoms with Gasteiger partial charge in [-0.3, -0.25) is 15.2 Å². The summed E-state index contributed by atoms with van der Waals surface area (Å²) in [5, 5.41) is 20.3. The Hall–Kier alpha value is -3.51. The van der Waals surface area contributed by atoms with Gasteiger partial charge in [0.2, 0.25) is 0 Å². The smallest absolute Gasteiger partial charge is 0.337 e. The number of anilines is 1. The number of carbonyl (C=O) groups excluding carboxylic acids is 1. The lowest BCUT2D eigenvalue weighted by atomic mass is 10.0. The molecule has 6 nitrogen and oxygen atoms in total. The zero-order valence-electron chi connectivity index (χ0n) is 13.9. The zero-order chi connectivity index (χ0) is 19.4. The highest BCUT2D eigenvalue weighted by Crippen LogP contribution is 2.21. The Morgan fingerprint density at radius 2 is 1.70 bits per heavy atom. The highest BCUT2D eigenvalue weighted by Gasteiger charge is 2.14. The minimum Gasteiger partial charge on any atom is -0.478 e. The molecule has 0 fully saturated rings. The van der Waals surface area contributed by atoms with Crippen molar-refractivity contribution in [1.82, 2.24) is 4.98 Å². The summed E-state index contributed by atoms with van der Waals surface area (Å²) < 4.78 is 0. The van der Waals surface area contributed by atoms with E-state index in [-0.39, 0.29) is 16.3 Å². The van der Waals surface area contributed by atoms with E-state index in [1.165, 1.54) is 18.2 Å². The number of halogens is 1. The number of pyridine rings is 1. The van der Waals surface area contributed by atoms with Crippen LogP contribution in [0.3, 0.4) is 0 Å². The molecule has 0 aliphatic rings. The first kappa shape index (κ1) is 18.3. The summed E-state index contributed by atoms with van der Waals surface area (Å²) in [6, 6.07) is 14.2. The number of carbonyl (C=O) groups is 2. The number of carboxylic acids is 1. The molecule has 0 aliphatic heterocycles. The molecule has 0 spiro atoms. The second-order valence-corrected chi connectivity index (χ2v) is 6.08. The Morgan fingerprint density at radius 1 is 1.00 bits per heavy atom. The first-order valence-electron chi connectivity index (χ1n) is 7.89. The van der Waals surface area contributed by atoms with E-state index in [0.29, 0.717) is 22.4 Å². The maximum Gasteiger partial charge on any atom is 0.337 e. The Kier molecular flexibility index (Phi) is 5.28. The van der Waals surface area contributed by atoms with E-state index in [0.717, 1.165) is 0 Å². The van der Waals surface area contributed by atoms with Gasteiger partial charge in [0, 0.05) is 34.1 Å². The van der Waals surface area contributed by atoms with E-state index in [1.807, 2.05) is 0 Å². The summed E-state index contributed by atoms with van der Waals surface area (Å²) in [4.78, 5) is 27.7. The molecule has 0 radical (unpaired) electrons. The van der Waals surface area contributed by atoms with Crippen LogP contribution in [0, 0.1) is 5.41 Å². The number of nitrogens with one attached hydrogen (secondary N) is 2. The molecular weight excluding hydrogens is 366 g/mol. The molecule has 3 N–H and O–H groups in total. The molecule has 134 valence electrons. The van der Waals surface area contributed by atoms with Crippen LogP contribution in [0.5, 0.6) is 0 Å². The number of amides is 1. The van der Waals surface area contributed by atoms with Crippen LogP contribution in [0.4, 0.5) is 5.69 Å². The van der Waals surface area contributed by atoms with Gasteiger partial charge in [-0.25, -0.2) is 4.79 Å². The van der Waals surface area contributed by atoms with E-state index in [4.69, 9.17) is 17.0 Å². The van der Waals surface area contributed by atoms with Crippen molar-refractivity contribution in [2.75, 3.05) is 5.32 Å². The van der Waals surface area contributed by atoms with Crippen molar-refractivity contribution < 1.29 is 14.7 Å². The Morgan fingerprint density at radius 3 is 2.33 bits per heavy atom. The summed E-state index contributed by atoms with van der Waals surface area (Å²) in [5.74, 6) is -1.65. The van der Waals surface area contributed by atoms with Gasteiger partial charge in [0.1, 0.15) is 0 Å². The largest absolute Gasteiger partial charge is 0.478 e. The third-order valence-electron chi connectivity index (χ3n) is 3.85. The van der Waals surface area contributed by atoms with Crippen LogP contribution >= 0.6 is 11.6 Å². The molecule has 3 aromatic rings. The fourth-order valence-corrected chi connectivity index (χ4v) is 2.63. The predicted octanol–water partition coefficient (Wildman–Crippen LogP) is 4.10. The van der Waals surface area contributed by atoms with Crippen molar-refractivity contribution >= 4 is 34.9 Å². The van der Waals surface area contributed by atoms with Gasteiger partial charge >= 0.3 is 5.97 Å². The van der Waals surface area contributed by atoms with Crippen LogP contribution < -0.4 is 5.32 Å². The number of hydrogen-bond acceptors (Lipinski definition) is 4. The summed E-state index contributed by atoms with van der Waals surface area (Å²) in [6.07, 6.45) is 3.23. The molecule has 0 bridgehead atoms. The number of benzene rings is 2. The molecule has 7 heteroatoms. The van der Waals surface area contributed by atoms with Gasteiger partial charge in [0.15, 0.2) is 0 Å². The maximum absolute atomic E-state index is 12.4. The zero-order valence-corrected chi connectivity index (χ0v) is 14.7. The molecule has 27 heavy (non-hydrogen) atoms. The number of hydrogen-bond donors (Lipinski definition) is 3. The van der Waals surface area contributed by atoms with Crippen molar-refractivity contribution in [2.45, 2.75) is 0 Å². The summed E-state index contributed by atoms with van der Waals surface area (Å²) in [6.45, 7) is 0. The van der Waals surface area contributed by atoms with Crippen molar-refractivity contribution in [3.8, 4) is 0 Å². The lowest BCUT2D eigenvalue weighted by Gasteiger charge is -2.10. The Bertz CT molecular complexity index is 1020.